The first-order valence-corrected chi connectivity index (χ1v) is 50.5. The summed E-state index contributed by atoms with van der Waals surface area (Å²) in [5.41, 5.74) is 4.77. The van der Waals surface area contributed by atoms with Crippen molar-refractivity contribution in [2.75, 3.05) is 110 Å². The molecular formula is C118H145N5O16P2. The zero-order valence-corrected chi connectivity index (χ0v) is 88.0. The summed E-state index contributed by atoms with van der Waals surface area (Å²) in [5, 5.41) is 29.5. The van der Waals surface area contributed by atoms with Crippen molar-refractivity contribution in [1.29, 1.82) is 10.5 Å². The summed E-state index contributed by atoms with van der Waals surface area (Å²) in [6.07, 6.45) is 0.690. The van der Waals surface area contributed by atoms with Gasteiger partial charge in [-0.25, -0.2) is 14.0 Å². The smallest absolute Gasteiger partial charge is 0.259 e. The van der Waals surface area contributed by atoms with Crippen LogP contribution in [0.25, 0.3) is 0 Å². The standard InChI is InChI=1S/C56H65N2O8P.C47H48O7.C15H32N3OP/c1-42(2)58(43(3)4)67(65-38-16-37-57)66-41-54(5,39-63-55(44-17-12-10-13-18-44,46-21-29-50(59-6)30-22-46)47-23-31-51(60-7)32-24-47)40-64-56(45-19-14-11-15-20-45,48-25-33-52(61-8)34-26-48)49-27-35-53(62-9)36-28-49;1-45(32-48,33-53-46(35-12-8-6-9-13-35,37-16-24-41(49-2)25-17-37)38-18-26-42(50-3)27-19-38)34-54-47(36-14-10-7-11-15-36,39-20-28-43(51-4)29-21-39)40-22-30-44(52-5)31-23-40;1-12(2)17(13(3)4)20(19-11-9-10-16)18(14(5)6)15(7)8/h10-15,17-36,42-43H,16,38-41H2,1-9H3;6-31,48H,32-34H2,1-5H3;12-15H,9,11H2,1-8H3. The van der Waals surface area contributed by atoms with Gasteiger partial charge >= 0.3 is 0 Å². The summed E-state index contributed by atoms with van der Waals surface area (Å²) in [7, 11) is 10.8. The second-order valence-corrected chi connectivity index (χ2v) is 40.0. The van der Waals surface area contributed by atoms with Crippen molar-refractivity contribution in [3.8, 4) is 58.1 Å². The molecule has 0 aliphatic rings. The van der Waals surface area contributed by atoms with Gasteiger partial charge in [-0.3, -0.25) is 0 Å². The lowest BCUT2D eigenvalue weighted by Gasteiger charge is -2.45. The third-order valence-corrected chi connectivity index (χ3v) is 29.8. The first kappa shape index (κ1) is 111. The summed E-state index contributed by atoms with van der Waals surface area (Å²) in [4.78, 5) is 0. The minimum atomic E-state index is -1.63. The van der Waals surface area contributed by atoms with Crippen LogP contribution in [0.3, 0.4) is 0 Å². The third kappa shape index (κ3) is 27.9. The topological polar surface area (TPSA) is 216 Å². The van der Waals surface area contributed by atoms with Crippen molar-refractivity contribution in [1.82, 2.24) is 14.0 Å². The Kier molecular flexibility index (Phi) is 42.7. The lowest BCUT2D eigenvalue weighted by Crippen LogP contribution is -2.44. The highest BCUT2D eigenvalue weighted by Crippen LogP contribution is 2.54. The molecule has 1 unspecified atom stereocenters. The van der Waals surface area contributed by atoms with E-state index >= 15 is 0 Å². The molecule has 0 aliphatic carbocycles. The van der Waals surface area contributed by atoms with Crippen molar-refractivity contribution in [3.63, 3.8) is 0 Å². The average molecular weight is 1950 g/mol. The summed E-state index contributed by atoms with van der Waals surface area (Å²) in [6, 6.07) is 111. The van der Waals surface area contributed by atoms with Gasteiger partial charge in [-0.05, 0) is 247 Å². The van der Waals surface area contributed by atoms with Crippen LogP contribution in [-0.2, 0) is 54.9 Å². The normalized spacial score (nSPS) is 12.3. The maximum atomic E-state index is 11.2. The maximum Gasteiger partial charge on any atom is 0.259 e. The van der Waals surface area contributed by atoms with Gasteiger partial charge < -0.3 is 75.5 Å². The van der Waals surface area contributed by atoms with Gasteiger partial charge in [0.1, 0.15) is 68.4 Å². The fourth-order valence-electron chi connectivity index (χ4n) is 17.6. The Bertz CT molecular complexity index is 5180. The second kappa shape index (κ2) is 54.1. The molecule has 0 saturated heterocycles. The van der Waals surface area contributed by atoms with Gasteiger partial charge in [-0.2, -0.15) is 10.5 Å². The Labute approximate surface area is 841 Å². The molecule has 12 aromatic carbocycles. The minimum Gasteiger partial charge on any atom is -0.497 e. The largest absolute Gasteiger partial charge is 0.497 e. The fourth-order valence-corrected chi connectivity index (χ4v) is 21.7. The average Bonchev–Trinajstić information content (AvgIpc) is 0.755. The van der Waals surface area contributed by atoms with Crippen LogP contribution in [0.1, 0.15) is 177 Å². The van der Waals surface area contributed by atoms with Gasteiger partial charge in [0.05, 0.1) is 135 Å². The quantitative estimate of drug-likeness (QED) is 0.0213. The molecule has 1 N–H and O–H groups in total. The molecule has 0 spiro atoms. The van der Waals surface area contributed by atoms with E-state index in [9.17, 15) is 10.4 Å². The van der Waals surface area contributed by atoms with Crippen LogP contribution in [0.15, 0.2) is 315 Å². The lowest BCUT2D eigenvalue weighted by molar-refractivity contribution is -0.107. The maximum absolute atomic E-state index is 11.2. The molecule has 0 heterocycles. The molecular weight excluding hydrogens is 1810 g/mol. The van der Waals surface area contributed by atoms with E-state index in [1.807, 2.05) is 225 Å². The third-order valence-electron chi connectivity index (χ3n) is 24.7. The van der Waals surface area contributed by atoms with Gasteiger partial charge in [0.15, 0.2) is 8.45 Å². The highest BCUT2D eigenvalue weighted by molar-refractivity contribution is 7.47. The van der Waals surface area contributed by atoms with Crippen LogP contribution in [0, 0.1) is 33.5 Å². The number of nitrogens with zero attached hydrogens (tertiary/aromatic N) is 5. The van der Waals surface area contributed by atoms with E-state index in [4.69, 9.17) is 75.7 Å². The van der Waals surface area contributed by atoms with Crippen LogP contribution in [0.4, 0.5) is 0 Å². The molecule has 21 nitrogen and oxygen atoms in total. The first-order valence-electron chi connectivity index (χ1n) is 48.2. The van der Waals surface area contributed by atoms with E-state index in [1.165, 1.54) is 0 Å². The number of hydrogen-bond acceptors (Lipinski definition) is 21. The number of hydrogen-bond donors (Lipinski definition) is 1. The van der Waals surface area contributed by atoms with E-state index in [0.29, 0.717) is 37.2 Å². The number of aliphatic hydroxyl groups is 1. The molecule has 0 aliphatic heterocycles. The molecule has 0 saturated carbocycles. The lowest BCUT2D eigenvalue weighted by atomic mass is 9.79. The van der Waals surface area contributed by atoms with Crippen molar-refractivity contribution < 1.29 is 75.5 Å². The number of methoxy groups -OCH3 is 8. The van der Waals surface area contributed by atoms with Crippen molar-refractivity contribution in [3.05, 3.63) is 382 Å². The second-order valence-electron chi connectivity index (χ2n) is 36.9. The van der Waals surface area contributed by atoms with Gasteiger partial charge in [0.25, 0.3) is 8.53 Å². The molecule has 1 atom stereocenters. The predicted octanol–water partition coefficient (Wildman–Crippen LogP) is 25.8. The number of benzene rings is 12. The Balaban J connectivity index is 0.000000247. The minimum absolute atomic E-state index is 0.0960. The van der Waals surface area contributed by atoms with Crippen molar-refractivity contribution in [2.45, 2.75) is 168 Å². The number of nitriles is 2. The van der Waals surface area contributed by atoms with Crippen LogP contribution in [0.5, 0.6) is 46.0 Å². The van der Waals surface area contributed by atoms with Gasteiger partial charge in [-0.15, -0.1) is 0 Å². The highest BCUT2D eigenvalue weighted by Gasteiger charge is 2.48. The Hall–Kier alpha value is -11.6. The molecule has 23 heteroatoms. The molecule has 141 heavy (non-hydrogen) atoms. The Morgan fingerprint density at radius 2 is 0.433 bits per heavy atom. The number of aliphatic hydroxyl groups excluding tert-OH is 1. The Morgan fingerprint density at radius 1 is 0.248 bits per heavy atom. The van der Waals surface area contributed by atoms with Crippen LogP contribution < -0.4 is 37.9 Å². The molecule has 0 aromatic heterocycles. The van der Waals surface area contributed by atoms with E-state index in [2.05, 4.69) is 213 Å². The number of ether oxygens (including phenoxy) is 12. The molecule has 12 rings (SSSR count). The van der Waals surface area contributed by atoms with Crippen LogP contribution in [0.2, 0.25) is 0 Å². The molecule has 0 bridgehead atoms. The molecule has 0 amide bonds. The van der Waals surface area contributed by atoms with Crippen LogP contribution >= 0.6 is 17.0 Å². The van der Waals surface area contributed by atoms with Crippen LogP contribution in [-0.4, -0.2) is 165 Å². The zero-order valence-electron chi connectivity index (χ0n) is 86.3. The SMILES string of the molecule is CC(C)N(C(C)C)P(OCCC#N)N(C(C)C)C(C)C.COc1ccc(C(OCC(C)(CO)COC(c2ccccc2)(c2ccc(OC)cc2)c2ccc(OC)cc2)(c2ccccc2)c2ccc(OC)cc2)cc1.COc1ccc(C(OCC(C)(COP(OCCC#N)N(C(C)C)C(C)C)COC(c2ccccc2)(c2ccc(OC)cc2)c2ccc(OC)cc2)(c2ccccc2)c2ccc(OC)cc2)cc1. The van der Waals surface area contributed by atoms with E-state index in [0.717, 1.165) is 113 Å². The van der Waals surface area contributed by atoms with Gasteiger partial charge in [0.2, 0.25) is 0 Å². The molecule has 0 radical (unpaired) electrons. The summed E-state index contributed by atoms with van der Waals surface area (Å²) in [5.74, 6) is 5.85. The number of rotatable bonds is 51. The van der Waals surface area contributed by atoms with E-state index in [1.54, 1.807) is 56.9 Å². The first-order chi connectivity index (χ1) is 68.0. The van der Waals surface area contributed by atoms with E-state index < -0.39 is 50.2 Å². The summed E-state index contributed by atoms with van der Waals surface area (Å²) >= 11 is 0. The summed E-state index contributed by atoms with van der Waals surface area (Å²) in [6.45, 7) is 31.6. The molecule has 748 valence electrons. The van der Waals surface area contributed by atoms with Gasteiger partial charge in [-0.1, -0.05) is 232 Å². The van der Waals surface area contributed by atoms with E-state index in [-0.39, 0.29) is 64.8 Å². The summed E-state index contributed by atoms with van der Waals surface area (Å²) < 4.78 is 101. The molecule has 0 fully saturated rings. The van der Waals surface area contributed by atoms with Crippen molar-refractivity contribution in [2.24, 2.45) is 10.8 Å². The van der Waals surface area contributed by atoms with Crippen molar-refractivity contribution >= 4 is 17.0 Å². The fraction of sp³-hybridized carbons (Fsp3) is 0.373. The monoisotopic (exact) mass is 1950 g/mol. The van der Waals surface area contributed by atoms with Gasteiger partial charge in [0, 0.05) is 47.1 Å². The Morgan fingerprint density at radius 3 is 0.610 bits per heavy atom. The predicted molar refractivity (Wildman–Crippen MR) is 565 cm³/mol. The highest BCUT2D eigenvalue weighted by atomic mass is 31.2. The molecule has 12 aromatic rings. The zero-order chi connectivity index (χ0) is 102.